The van der Waals surface area contributed by atoms with Crippen LogP contribution in [0, 0.1) is 0 Å². The zero-order valence-electron chi connectivity index (χ0n) is 12.0. The molecule has 0 bridgehead atoms. The number of nitrogens with one attached hydrogen (secondary N) is 1. The Kier molecular flexibility index (Phi) is 4.37. The third-order valence-corrected chi connectivity index (χ3v) is 3.24. The minimum atomic E-state index is -4.41. The summed E-state index contributed by atoms with van der Waals surface area (Å²) >= 11 is 0. The molecule has 0 amide bonds. The fraction of sp³-hybridized carbons (Fsp3) is 0.429. The van der Waals surface area contributed by atoms with Crippen LogP contribution >= 0.6 is 0 Å². The molecule has 1 aliphatic heterocycles. The number of rotatable bonds is 5. The number of nitrogens with zero attached hydrogens (tertiary/aromatic N) is 2. The molecule has 9 heteroatoms. The molecule has 124 valence electrons. The van der Waals surface area contributed by atoms with Crippen LogP contribution in [0.5, 0.6) is 5.75 Å². The first-order valence-corrected chi connectivity index (χ1v) is 6.98. The lowest BCUT2D eigenvalue weighted by Gasteiger charge is -2.12. The molecule has 0 aliphatic carbocycles. The number of anilines is 2. The first kappa shape index (κ1) is 15.6. The van der Waals surface area contributed by atoms with Crippen LogP contribution in [-0.4, -0.2) is 36.2 Å². The van der Waals surface area contributed by atoms with E-state index in [2.05, 4.69) is 15.5 Å². The molecule has 1 fully saturated rings. The minimum Gasteiger partial charge on any atom is -0.482 e. The van der Waals surface area contributed by atoms with Crippen molar-refractivity contribution in [2.24, 2.45) is 0 Å². The fourth-order valence-electron chi connectivity index (χ4n) is 2.15. The second kappa shape index (κ2) is 6.45. The van der Waals surface area contributed by atoms with Crippen molar-refractivity contribution in [2.45, 2.75) is 18.5 Å². The summed E-state index contributed by atoms with van der Waals surface area (Å²) in [6.07, 6.45) is -3.61. The van der Waals surface area contributed by atoms with Gasteiger partial charge < -0.3 is 19.2 Å². The van der Waals surface area contributed by atoms with Crippen molar-refractivity contribution in [3.8, 4) is 5.75 Å². The molecule has 2 heterocycles. The van der Waals surface area contributed by atoms with Crippen molar-refractivity contribution in [1.82, 2.24) is 10.2 Å². The lowest BCUT2D eigenvalue weighted by Crippen LogP contribution is -2.19. The lowest BCUT2D eigenvalue weighted by molar-refractivity contribution is -0.153. The summed E-state index contributed by atoms with van der Waals surface area (Å²) in [5.74, 6) is 0.544. The second-order valence-corrected chi connectivity index (χ2v) is 5.03. The molecule has 3 rings (SSSR count). The molecule has 1 aliphatic rings. The summed E-state index contributed by atoms with van der Waals surface area (Å²) in [4.78, 5) is 0. The van der Waals surface area contributed by atoms with Crippen LogP contribution in [0.4, 0.5) is 24.9 Å². The molecule has 2 aromatic rings. The Morgan fingerprint density at radius 1 is 1.26 bits per heavy atom. The van der Waals surface area contributed by atoms with E-state index in [0.717, 1.165) is 6.42 Å². The van der Waals surface area contributed by atoms with Crippen molar-refractivity contribution < 1.29 is 27.1 Å². The van der Waals surface area contributed by atoms with Crippen molar-refractivity contribution >= 4 is 11.7 Å². The Morgan fingerprint density at radius 2 is 2.09 bits per heavy atom. The number of alkyl halides is 3. The first-order chi connectivity index (χ1) is 11.0. The molecular weight excluding hydrogens is 315 g/mol. The Balaban J connectivity index is 1.70. The molecule has 0 spiro atoms. The lowest BCUT2D eigenvalue weighted by atomic mass is 10.1. The Labute approximate surface area is 129 Å². The molecule has 1 atom stereocenters. The summed E-state index contributed by atoms with van der Waals surface area (Å²) in [6, 6.07) is 6.32. The van der Waals surface area contributed by atoms with E-state index in [4.69, 9.17) is 13.9 Å². The highest BCUT2D eigenvalue weighted by molar-refractivity contribution is 5.61. The van der Waals surface area contributed by atoms with E-state index in [1.807, 2.05) is 0 Å². The number of ether oxygens (including phenoxy) is 2. The van der Waals surface area contributed by atoms with Gasteiger partial charge in [-0.2, -0.15) is 13.2 Å². The van der Waals surface area contributed by atoms with Gasteiger partial charge in [0, 0.05) is 6.61 Å². The topological polar surface area (TPSA) is 69.4 Å². The van der Waals surface area contributed by atoms with Crippen LogP contribution < -0.4 is 10.1 Å². The maximum Gasteiger partial charge on any atom is 0.422 e. The molecular formula is C14H14F3N3O3. The monoisotopic (exact) mass is 329 g/mol. The van der Waals surface area contributed by atoms with Gasteiger partial charge in [0.25, 0.3) is 0 Å². The third kappa shape index (κ3) is 4.13. The zero-order chi connectivity index (χ0) is 16.3. The molecule has 0 radical (unpaired) electrons. The van der Waals surface area contributed by atoms with Crippen molar-refractivity contribution in [2.75, 3.05) is 25.1 Å². The highest BCUT2D eigenvalue weighted by atomic mass is 19.4. The molecule has 1 aromatic carbocycles. The highest BCUT2D eigenvalue weighted by Crippen LogP contribution is 2.30. The van der Waals surface area contributed by atoms with Gasteiger partial charge >= 0.3 is 12.2 Å². The summed E-state index contributed by atoms with van der Waals surface area (Å²) in [7, 11) is 0. The van der Waals surface area contributed by atoms with Gasteiger partial charge in [-0.15, -0.1) is 5.10 Å². The Bertz CT molecular complexity index is 654. The van der Waals surface area contributed by atoms with Crippen LogP contribution in [0.2, 0.25) is 0 Å². The average molecular weight is 329 g/mol. The van der Waals surface area contributed by atoms with Crippen molar-refractivity contribution in [3.05, 3.63) is 30.2 Å². The maximum atomic E-state index is 12.3. The first-order valence-electron chi connectivity index (χ1n) is 6.98. The standard InChI is InChI=1S/C14H14F3N3O3/c15-14(16,17)8-22-11-4-2-1-3-10(11)18-13-20-19-12(23-13)9-5-6-21-7-9/h1-4,9H,5-8H2,(H,18,20). The predicted octanol–water partition coefficient (Wildman–Crippen LogP) is 3.26. The number of para-hydroxylation sites is 2. The summed E-state index contributed by atoms with van der Waals surface area (Å²) in [5.41, 5.74) is 0.314. The van der Waals surface area contributed by atoms with Gasteiger partial charge in [0.05, 0.1) is 18.2 Å². The Hall–Kier alpha value is -2.29. The Morgan fingerprint density at radius 3 is 2.83 bits per heavy atom. The van der Waals surface area contributed by atoms with Crippen LogP contribution in [0.3, 0.4) is 0 Å². The summed E-state index contributed by atoms with van der Waals surface area (Å²) in [5, 5.41) is 10.6. The number of aromatic nitrogens is 2. The van der Waals surface area contributed by atoms with E-state index in [-0.39, 0.29) is 17.7 Å². The summed E-state index contributed by atoms with van der Waals surface area (Å²) < 4.78 is 52.3. The van der Waals surface area contributed by atoms with Crippen molar-refractivity contribution in [1.29, 1.82) is 0 Å². The van der Waals surface area contributed by atoms with Gasteiger partial charge in [-0.1, -0.05) is 17.2 Å². The third-order valence-electron chi connectivity index (χ3n) is 3.24. The number of halogens is 3. The average Bonchev–Trinajstić information content (AvgIpc) is 3.16. The normalized spacial score (nSPS) is 18.1. The van der Waals surface area contributed by atoms with E-state index >= 15 is 0 Å². The smallest absolute Gasteiger partial charge is 0.422 e. The largest absolute Gasteiger partial charge is 0.482 e. The van der Waals surface area contributed by atoms with Gasteiger partial charge in [0.15, 0.2) is 6.61 Å². The molecule has 1 saturated heterocycles. The van der Waals surface area contributed by atoms with Gasteiger partial charge in [-0.05, 0) is 18.6 Å². The molecule has 6 nitrogen and oxygen atoms in total. The zero-order valence-corrected chi connectivity index (χ0v) is 12.0. The van der Waals surface area contributed by atoms with Gasteiger partial charge in [0.2, 0.25) is 5.89 Å². The van der Waals surface area contributed by atoms with E-state index in [1.54, 1.807) is 18.2 Å². The second-order valence-electron chi connectivity index (χ2n) is 5.03. The number of benzene rings is 1. The minimum absolute atomic E-state index is 0.0498. The maximum absolute atomic E-state index is 12.3. The van der Waals surface area contributed by atoms with Gasteiger partial charge in [-0.25, -0.2) is 0 Å². The molecule has 23 heavy (non-hydrogen) atoms. The molecule has 1 aromatic heterocycles. The molecule has 0 saturated carbocycles. The van der Waals surface area contributed by atoms with E-state index in [9.17, 15) is 13.2 Å². The van der Waals surface area contributed by atoms with Crippen LogP contribution in [0.1, 0.15) is 18.2 Å². The number of hydrogen-bond acceptors (Lipinski definition) is 6. The fourth-order valence-corrected chi connectivity index (χ4v) is 2.15. The van der Waals surface area contributed by atoms with Crippen LogP contribution in [0.15, 0.2) is 28.7 Å². The van der Waals surface area contributed by atoms with Crippen molar-refractivity contribution in [3.63, 3.8) is 0 Å². The molecule has 1 unspecified atom stereocenters. The van der Waals surface area contributed by atoms with Gasteiger partial charge in [0.1, 0.15) is 5.75 Å². The van der Waals surface area contributed by atoms with E-state index < -0.39 is 12.8 Å². The van der Waals surface area contributed by atoms with Crippen LogP contribution in [-0.2, 0) is 4.74 Å². The summed E-state index contributed by atoms with van der Waals surface area (Å²) in [6.45, 7) is -0.211. The quantitative estimate of drug-likeness (QED) is 0.908. The van der Waals surface area contributed by atoms with Crippen LogP contribution in [0.25, 0.3) is 0 Å². The SMILES string of the molecule is FC(F)(F)COc1ccccc1Nc1nnc(C2CCOC2)o1. The molecule has 1 N–H and O–H groups in total. The van der Waals surface area contributed by atoms with Gasteiger partial charge in [-0.3, -0.25) is 0 Å². The predicted molar refractivity (Wildman–Crippen MR) is 73.7 cm³/mol. The van der Waals surface area contributed by atoms with E-state index in [1.165, 1.54) is 6.07 Å². The highest BCUT2D eigenvalue weighted by Gasteiger charge is 2.29. The number of hydrogen-bond donors (Lipinski definition) is 1. The van der Waals surface area contributed by atoms with E-state index in [0.29, 0.717) is 24.8 Å².